The Morgan fingerprint density at radius 3 is 1.78 bits per heavy atom. The molecule has 0 saturated heterocycles. The van der Waals surface area contributed by atoms with E-state index in [1.165, 1.54) is 38.9 Å². The number of benzene rings is 7. The SMILES string of the molecule is C1=CC(c2cccc(N3c4ccccc4-c4c(n(-c5ccccc5)c5ccccc45)-c4ccccc43)c2)CC(c2nc(-c3ccccc3)nc(-c3ccccc3)n2)=C1. The zero-order valence-corrected chi connectivity index (χ0v) is 31.7. The Morgan fingerprint density at radius 1 is 0.483 bits per heavy atom. The van der Waals surface area contributed by atoms with Crippen LogP contribution in [0.15, 0.2) is 206 Å². The molecule has 274 valence electrons. The van der Waals surface area contributed by atoms with Gasteiger partial charge in [0.05, 0.1) is 22.6 Å². The Kier molecular flexibility index (Phi) is 8.21. The van der Waals surface area contributed by atoms with Crippen LogP contribution in [0.1, 0.15) is 23.7 Å². The van der Waals surface area contributed by atoms with Crippen molar-refractivity contribution in [2.75, 3.05) is 4.90 Å². The summed E-state index contributed by atoms with van der Waals surface area (Å²) in [5.41, 5.74) is 14.8. The molecule has 1 aliphatic carbocycles. The van der Waals surface area contributed by atoms with Crippen LogP contribution >= 0.6 is 0 Å². The van der Waals surface area contributed by atoms with Crippen molar-refractivity contribution in [1.82, 2.24) is 19.5 Å². The monoisotopic (exact) mass is 743 g/mol. The van der Waals surface area contributed by atoms with E-state index in [9.17, 15) is 0 Å². The Labute approximate surface area is 337 Å². The van der Waals surface area contributed by atoms with Crippen molar-refractivity contribution in [2.24, 2.45) is 0 Å². The van der Waals surface area contributed by atoms with Gasteiger partial charge in [-0.05, 0) is 60.0 Å². The van der Waals surface area contributed by atoms with Crippen molar-refractivity contribution in [3.8, 4) is 50.8 Å². The molecule has 0 radical (unpaired) electrons. The molecule has 58 heavy (non-hydrogen) atoms. The van der Waals surface area contributed by atoms with Crippen molar-refractivity contribution in [2.45, 2.75) is 12.3 Å². The van der Waals surface area contributed by atoms with Crippen molar-refractivity contribution >= 4 is 33.5 Å². The average Bonchev–Trinajstić information content (AvgIpc) is 3.59. The molecule has 11 rings (SSSR count). The van der Waals surface area contributed by atoms with Crippen LogP contribution in [0.3, 0.4) is 0 Å². The summed E-state index contributed by atoms with van der Waals surface area (Å²) in [5.74, 6) is 2.17. The van der Waals surface area contributed by atoms with Gasteiger partial charge in [-0.25, -0.2) is 15.0 Å². The lowest BCUT2D eigenvalue weighted by Gasteiger charge is -2.28. The lowest BCUT2D eigenvalue weighted by molar-refractivity contribution is 0.853. The largest absolute Gasteiger partial charge is 0.309 e. The van der Waals surface area contributed by atoms with Gasteiger partial charge in [-0.2, -0.15) is 0 Å². The van der Waals surface area contributed by atoms with Crippen molar-refractivity contribution in [3.63, 3.8) is 0 Å². The zero-order chi connectivity index (χ0) is 38.4. The fourth-order valence-electron chi connectivity index (χ4n) is 8.69. The predicted octanol–water partition coefficient (Wildman–Crippen LogP) is 13.4. The maximum atomic E-state index is 5.06. The minimum Gasteiger partial charge on any atom is -0.309 e. The molecule has 9 aromatic rings. The van der Waals surface area contributed by atoms with E-state index >= 15 is 0 Å². The molecule has 2 aliphatic rings. The smallest absolute Gasteiger partial charge is 0.164 e. The van der Waals surface area contributed by atoms with Crippen molar-refractivity contribution in [3.05, 3.63) is 218 Å². The predicted molar refractivity (Wildman–Crippen MR) is 238 cm³/mol. The van der Waals surface area contributed by atoms with Gasteiger partial charge in [-0.3, -0.25) is 0 Å². The topological polar surface area (TPSA) is 46.8 Å². The van der Waals surface area contributed by atoms with Gasteiger partial charge < -0.3 is 9.47 Å². The molecule has 1 unspecified atom stereocenters. The van der Waals surface area contributed by atoms with E-state index < -0.39 is 0 Å². The number of rotatable bonds is 6. The Hall–Kier alpha value is -7.63. The van der Waals surface area contributed by atoms with Crippen LogP contribution in [0.25, 0.3) is 67.3 Å². The van der Waals surface area contributed by atoms with Crippen LogP contribution in [-0.2, 0) is 0 Å². The number of para-hydroxylation sites is 4. The summed E-state index contributed by atoms with van der Waals surface area (Å²) < 4.78 is 2.44. The van der Waals surface area contributed by atoms with Gasteiger partial charge in [0.15, 0.2) is 17.5 Å². The van der Waals surface area contributed by atoms with E-state index in [4.69, 9.17) is 15.0 Å². The van der Waals surface area contributed by atoms with Gasteiger partial charge in [-0.1, -0.05) is 164 Å². The summed E-state index contributed by atoms with van der Waals surface area (Å²) in [4.78, 5) is 17.5. The van der Waals surface area contributed by atoms with Gasteiger partial charge in [0.2, 0.25) is 0 Å². The standard InChI is InChI=1S/C53H37N5/c1-4-18-36(19-5-1)51-54-52(37-20-6-2-7-21-37)56-53(55-51)40-24-16-22-38(34-40)39-23-17-27-42(35-39)57-46-31-13-10-28-43(46)49-44-29-11-14-32-47(44)58(41-25-8-3-9-26-41)50(49)45-30-12-15-33-48(45)57/h1-33,35,38H,34H2. The van der Waals surface area contributed by atoms with Gasteiger partial charge in [0.1, 0.15) is 0 Å². The molecule has 1 aliphatic heterocycles. The number of anilines is 3. The third kappa shape index (κ3) is 5.75. The highest BCUT2D eigenvalue weighted by atomic mass is 15.2. The molecule has 0 saturated carbocycles. The quantitative estimate of drug-likeness (QED) is 0.170. The zero-order valence-electron chi connectivity index (χ0n) is 31.7. The van der Waals surface area contributed by atoms with Crippen LogP contribution in [-0.4, -0.2) is 19.5 Å². The molecule has 0 amide bonds. The molecule has 5 heteroatoms. The molecule has 0 spiro atoms. The minimum atomic E-state index is 0.123. The summed E-state index contributed by atoms with van der Waals surface area (Å²) in [6, 6.07) is 66.6. The van der Waals surface area contributed by atoms with E-state index in [1.807, 2.05) is 36.4 Å². The third-order valence-corrected chi connectivity index (χ3v) is 11.3. The van der Waals surface area contributed by atoms with Crippen LogP contribution in [0.2, 0.25) is 0 Å². The van der Waals surface area contributed by atoms with Crippen molar-refractivity contribution in [1.29, 1.82) is 0 Å². The first-order valence-corrected chi connectivity index (χ1v) is 19.8. The second-order valence-corrected chi connectivity index (χ2v) is 14.8. The van der Waals surface area contributed by atoms with E-state index in [0.29, 0.717) is 17.5 Å². The first-order valence-electron chi connectivity index (χ1n) is 19.8. The van der Waals surface area contributed by atoms with Gasteiger partial charge in [-0.15, -0.1) is 0 Å². The van der Waals surface area contributed by atoms with Crippen LogP contribution in [0, 0.1) is 0 Å². The van der Waals surface area contributed by atoms with Crippen molar-refractivity contribution < 1.29 is 0 Å². The molecule has 7 aromatic carbocycles. The van der Waals surface area contributed by atoms with E-state index in [1.54, 1.807) is 0 Å². The average molecular weight is 744 g/mol. The number of hydrogen-bond donors (Lipinski definition) is 0. The number of nitrogens with zero attached hydrogens (tertiary/aromatic N) is 5. The first-order chi connectivity index (χ1) is 28.8. The van der Waals surface area contributed by atoms with Gasteiger partial charge >= 0.3 is 0 Å². The molecular formula is C53H37N5. The number of aromatic nitrogens is 4. The van der Waals surface area contributed by atoms with E-state index in [2.05, 4.69) is 179 Å². The number of hydrogen-bond acceptors (Lipinski definition) is 4. The normalized spacial score (nSPS) is 14.3. The van der Waals surface area contributed by atoms with Crippen LogP contribution < -0.4 is 4.90 Å². The number of fused-ring (bicyclic) bond motifs is 7. The van der Waals surface area contributed by atoms with Crippen LogP contribution in [0.5, 0.6) is 0 Å². The maximum Gasteiger partial charge on any atom is 0.164 e. The van der Waals surface area contributed by atoms with Gasteiger partial charge in [0.25, 0.3) is 0 Å². The summed E-state index contributed by atoms with van der Waals surface area (Å²) in [6.45, 7) is 0. The molecule has 1 atom stereocenters. The molecule has 0 N–H and O–H groups in total. The Morgan fingerprint density at radius 2 is 1.05 bits per heavy atom. The molecular weight excluding hydrogens is 707 g/mol. The highest BCUT2D eigenvalue weighted by Crippen LogP contribution is 2.54. The highest BCUT2D eigenvalue weighted by Gasteiger charge is 2.31. The lowest BCUT2D eigenvalue weighted by atomic mass is 9.87. The lowest BCUT2D eigenvalue weighted by Crippen LogP contribution is -2.12. The van der Waals surface area contributed by atoms with Crippen LogP contribution in [0.4, 0.5) is 17.1 Å². The maximum absolute atomic E-state index is 5.06. The third-order valence-electron chi connectivity index (χ3n) is 11.3. The molecule has 2 aromatic heterocycles. The molecule has 5 nitrogen and oxygen atoms in total. The molecule has 0 bridgehead atoms. The van der Waals surface area contributed by atoms with E-state index in [0.717, 1.165) is 45.9 Å². The second kappa shape index (κ2) is 14.1. The fourth-order valence-corrected chi connectivity index (χ4v) is 8.69. The summed E-state index contributed by atoms with van der Waals surface area (Å²) in [5, 5.41) is 1.23. The summed E-state index contributed by atoms with van der Waals surface area (Å²) >= 11 is 0. The Bertz CT molecular complexity index is 2980. The first kappa shape index (κ1) is 33.7. The van der Waals surface area contributed by atoms with E-state index in [-0.39, 0.29) is 5.92 Å². The van der Waals surface area contributed by atoms with Gasteiger partial charge in [0, 0.05) is 50.5 Å². The molecule has 0 fully saturated rings. The second-order valence-electron chi connectivity index (χ2n) is 14.8. The minimum absolute atomic E-state index is 0.123. The fraction of sp³-hybridized carbons (Fsp3) is 0.0377. The summed E-state index contributed by atoms with van der Waals surface area (Å²) in [6.07, 6.45) is 7.38. The highest BCUT2D eigenvalue weighted by molar-refractivity contribution is 6.13. The Balaban J connectivity index is 1.02. The summed E-state index contributed by atoms with van der Waals surface area (Å²) in [7, 11) is 0. The molecule has 3 heterocycles. The number of allylic oxidation sites excluding steroid dienone is 4.